The number of primary amides is 1. The van der Waals surface area contributed by atoms with E-state index in [4.69, 9.17) is 34.4 Å². The molecule has 0 fully saturated rings. The minimum Gasteiger partial charge on any atom is -0.391 e. The normalized spacial score (nSPS) is 15.3. The lowest BCUT2D eigenvalue weighted by Gasteiger charge is -2.30. The second kappa shape index (κ2) is 57.0. The van der Waals surface area contributed by atoms with Gasteiger partial charge in [0, 0.05) is 29.4 Å². The molecule has 1 heterocycles. The van der Waals surface area contributed by atoms with E-state index in [0.29, 0.717) is 69.9 Å². The van der Waals surface area contributed by atoms with E-state index in [2.05, 4.69) is 79.4 Å². The van der Waals surface area contributed by atoms with Crippen molar-refractivity contribution in [2.45, 2.75) is 323 Å². The summed E-state index contributed by atoms with van der Waals surface area (Å²) >= 11 is 0. The molecule has 0 aliphatic heterocycles. The van der Waals surface area contributed by atoms with E-state index in [9.17, 15) is 77.0 Å². The first kappa shape index (κ1) is 108. The van der Waals surface area contributed by atoms with Gasteiger partial charge in [0.1, 0.15) is 84.6 Å². The number of aliphatic hydroxyl groups is 1. The van der Waals surface area contributed by atoms with Gasteiger partial charge < -0.3 is 119 Å². The maximum atomic E-state index is 14.9. The highest BCUT2D eigenvalue weighted by molar-refractivity contribution is 6.01. The SMILES string of the molecule is CC(C)C[C@H](NC(=O)[C@H](C)NC(=O)C(C)C)C(=O)N[C@@H](Cc1c[nH]c2ccccc12)C(=O)N[C@@H](CCCCN)C(=O)N[C@H](C(=O)N[C@@H](CC(C)C)C(=O)N[C@@H](CC(C)C)C(=O)N[C@@H](CCCCN)C(=O)N[C@@H](CCCCN)C(=O)N[C@H](C(=O)N[C@@H](CC(C)C)C(=O)N[C@@H](CCCCN)C(=O)N[C@@H](CCCCN)C(=O)N[C@@H](C)C(N)=O)C(C)C)[C@@H](C)O. The van der Waals surface area contributed by atoms with E-state index in [-0.39, 0.29) is 126 Å². The number of aromatic amines is 1. The summed E-state index contributed by atoms with van der Waals surface area (Å²) in [6.45, 7) is 26.5. The molecule has 1 aromatic carbocycles. The zero-order valence-electron chi connectivity index (χ0n) is 74.2. The van der Waals surface area contributed by atoms with Crippen molar-refractivity contribution in [3.05, 3.63) is 36.0 Å². The number of carbonyl (C=O) groups excluding carboxylic acids is 15. The topological polar surface area (TPSA) is 617 Å². The lowest BCUT2D eigenvalue weighted by atomic mass is 9.98. The van der Waals surface area contributed by atoms with E-state index in [0.717, 1.165) is 10.9 Å². The molecule has 0 unspecified atom stereocenters. The zero-order chi connectivity index (χ0) is 91.3. The Morgan fingerprint density at radius 3 is 0.909 bits per heavy atom. The molecule has 0 spiro atoms. The smallest absolute Gasteiger partial charge is 0.245 e. The Kier molecular flexibility index (Phi) is 50.7. The molecule has 0 bridgehead atoms. The van der Waals surface area contributed by atoms with E-state index in [1.165, 1.54) is 20.8 Å². The summed E-state index contributed by atoms with van der Waals surface area (Å²) < 4.78 is 0. The van der Waals surface area contributed by atoms with Crippen LogP contribution in [0.25, 0.3) is 10.9 Å². The summed E-state index contributed by atoms with van der Waals surface area (Å²) in [6.07, 6.45) is 4.29. The van der Waals surface area contributed by atoms with Crippen LogP contribution >= 0.6 is 0 Å². The van der Waals surface area contributed by atoms with Crippen LogP contribution in [-0.2, 0) is 78.3 Å². The van der Waals surface area contributed by atoms with Gasteiger partial charge in [-0.1, -0.05) is 101 Å². The number of hydrogen-bond acceptors (Lipinski definition) is 21. The fraction of sp³-hybridized carbons (Fsp3) is 0.726. The predicted molar refractivity (Wildman–Crippen MR) is 463 cm³/mol. The van der Waals surface area contributed by atoms with Crippen molar-refractivity contribution < 1.29 is 77.0 Å². The molecule has 1 aromatic heterocycles. The number of hydrogen-bond donors (Lipinski definition) is 22. The number of fused-ring (bicyclic) bond motifs is 1. The molecular weight excluding hydrogens is 1560 g/mol. The number of carbonyl (C=O) groups is 15. The third-order valence-corrected chi connectivity index (χ3v) is 20.4. The summed E-state index contributed by atoms with van der Waals surface area (Å²) in [5, 5.41) is 50.2. The summed E-state index contributed by atoms with van der Waals surface area (Å²) in [4.78, 5) is 216. The molecule has 37 heteroatoms. The molecule has 28 N–H and O–H groups in total. The minimum absolute atomic E-state index is 0.00109. The molecule has 686 valence electrons. The molecule has 0 saturated heterocycles. The summed E-state index contributed by atoms with van der Waals surface area (Å²) in [6, 6.07) is -11.0. The molecule has 37 nitrogen and oxygen atoms in total. The van der Waals surface area contributed by atoms with Crippen LogP contribution < -0.4 is 109 Å². The standard InChI is InChI=1S/C84H149N21O16/c1-46(2)40-63(99-72(109)53(14)93-71(108)51(11)12)80(117)101-67(44-55-45-91-57-29-17-16-28-56(55)57)82(119)98-62(34-22-27-39-89)77(114)105-69(54(15)106)84(121)103-66(43-49(7)8)81(118)100-64(41-47(3)4)78(115)96-60(32-20-25-37-87)75(112)95-61(33-21-26-38-88)76(113)104-68(50(9)10)83(120)102-65(42-48(5)6)79(116)97-59(31-19-24-36-86)74(111)94-58(30-18-23-35-85)73(110)92-52(13)70(90)107/h16-17,28-29,45-54,58-69,91,106H,18-27,30-44,85-89H2,1-15H3,(H2,90,107)(H,92,110)(H,93,108)(H,94,111)(H,95,112)(H,96,115)(H,97,116)(H,98,119)(H,99,109)(H,100,118)(H,101,117)(H,102,120)(H,103,121)(H,104,113)(H,105,114)/t52-,53-,54+,58-,59-,60-,61-,62-,63-,64-,65-,66-,67-,68-,69-/m0/s1. The predicted octanol–water partition coefficient (Wildman–Crippen LogP) is -0.455. The Hall–Kier alpha value is -9.43. The van der Waals surface area contributed by atoms with E-state index in [1.807, 2.05) is 45.9 Å². The van der Waals surface area contributed by atoms with Crippen LogP contribution in [0.3, 0.4) is 0 Å². The second-order valence-corrected chi connectivity index (χ2v) is 34.1. The van der Waals surface area contributed by atoms with Gasteiger partial charge in [0.05, 0.1) is 6.10 Å². The molecule has 15 atom stereocenters. The van der Waals surface area contributed by atoms with Crippen molar-refractivity contribution in [2.24, 2.45) is 69.9 Å². The van der Waals surface area contributed by atoms with Crippen LogP contribution in [0.4, 0.5) is 0 Å². The van der Waals surface area contributed by atoms with Gasteiger partial charge in [-0.3, -0.25) is 71.9 Å². The largest absolute Gasteiger partial charge is 0.391 e. The maximum Gasteiger partial charge on any atom is 0.245 e. The number of aromatic nitrogens is 1. The molecule has 0 saturated carbocycles. The molecule has 2 rings (SSSR count). The van der Waals surface area contributed by atoms with Gasteiger partial charge in [-0.05, 0) is 217 Å². The van der Waals surface area contributed by atoms with E-state index < -0.39 is 185 Å². The van der Waals surface area contributed by atoms with Crippen molar-refractivity contribution in [3.8, 4) is 0 Å². The Bertz CT molecular complexity index is 3610. The number of unbranched alkanes of at least 4 members (excludes halogenated alkanes) is 5. The second-order valence-electron chi connectivity index (χ2n) is 34.1. The molecule has 0 aliphatic carbocycles. The van der Waals surface area contributed by atoms with Crippen LogP contribution in [0.5, 0.6) is 0 Å². The first-order chi connectivity index (χ1) is 57.0. The summed E-state index contributed by atoms with van der Waals surface area (Å²) in [5.74, 6) is -13.5. The Morgan fingerprint density at radius 2 is 0.587 bits per heavy atom. The third-order valence-electron chi connectivity index (χ3n) is 20.4. The van der Waals surface area contributed by atoms with Gasteiger partial charge in [0.25, 0.3) is 0 Å². The highest BCUT2D eigenvalue weighted by Gasteiger charge is 2.40. The third kappa shape index (κ3) is 40.4. The number of para-hydroxylation sites is 1. The number of benzene rings is 1. The zero-order valence-corrected chi connectivity index (χ0v) is 74.2. The number of H-pyrrole nitrogens is 1. The van der Waals surface area contributed by atoms with Crippen molar-refractivity contribution in [2.75, 3.05) is 32.7 Å². The number of rotatable bonds is 61. The Morgan fingerprint density at radius 1 is 0.314 bits per heavy atom. The van der Waals surface area contributed by atoms with Gasteiger partial charge in [-0.2, -0.15) is 0 Å². The van der Waals surface area contributed by atoms with Crippen LogP contribution in [0, 0.1) is 35.5 Å². The number of nitrogens with two attached hydrogens (primary N) is 6. The number of nitrogens with one attached hydrogen (secondary N) is 15. The molecule has 0 radical (unpaired) electrons. The summed E-state index contributed by atoms with van der Waals surface area (Å²) in [5.41, 5.74) is 36.0. The van der Waals surface area contributed by atoms with Gasteiger partial charge in [-0.15, -0.1) is 0 Å². The average molecular weight is 1710 g/mol. The first-order valence-electron chi connectivity index (χ1n) is 43.3. The number of amides is 15. The fourth-order valence-corrected chi connectivity index (χ4v) is 13.4. The molecular formula is C84H149N21O16. The van der Waals surface area contributed by atoms with Crippen molar-refractivity contribution in [1.29, 1.82) is 0 Å². The van der Waals surface area contributed by atoms with E-state index >= 15 is 0 Å². The molecule has 0 aliphatic rings. The molecule has 2 aromatic rings. The van der Waals surface area contributed by atoms with Crippen LogP contribution in [0.2, 0.25) is 0 Å². The van der Waals surface area contributed by atoms with Gasteiger partial charge in [-0.25, -0.2) is 0 Å². The molecule has 121 heavy (non-hydrogen) atoms. The lowest BCUT2D eigenvalue weighted by Crippen LogP contribution is -2.62. The van der Waals surface area contributed by atoms with Gasteiger partial charge >= 0.3 is 0 Å². The van der Waals surface area contributed by atoms with Crippen molar-refractivity contribution >= 4 is 99.5 Å². The number of aliphatic hydroxyl groups excluding tert-OH is 1. The van der Waals surface area contributed by atoms with Crippen LogP contribution in [0.15, 0.2) is 30.5 Å². The summed E-state index contributed by atoms with van der Waals surface area (Å²) in [7, 11) is 0. The highest BCUT2D eigenvalue weighted by Crippen LogP contribution is 2.22. The first-order valence-corrected chi connectivity index (χ1v) is 43.3. The monoisotopic (exact) mass is 1710 g/mol. The quantitative estimate of drug-likeness (QED) is 0.0373. The minimum atomic E-state index is -1.77. The van der Waals surface area contributed by atoms with Crippen LogP contribution in [0.1, 0.15) is 231 Å². The van der Waals surface area contributed by atoms with Crippen LogP contribution in [-0.4, -0.2) is 222 Å². The highest BCUT2D eigenvalue weighted by atomic mass is 16.3. The Balaban J connectivity index is 2.57. The van der Waals surface area contributed by atoms with Crippen molar-refractivity contribution in [3.63, 3.8) is 0 Å². The molecule has 15 amide bonds. The fourth-order valence-electron chi connectivity index (χ4n) is 13.4. The lowest BCUT2D eigenvalue weighted by molar-refractivity contribution is -0.137. The Labute approximate surface area is 714 Å². The van der Waals surface area contributed by atoms with Crippen molar-refractivity contribution in [1.82, 2.24) is 79.4 Å². The van der Waals surface area contributed by atoms with Gasteiger partial charge in [0.15, 0.2) is 0 Å². The maximum absolute atomic E-state index is 14.9. The van der Waals surface area contributed by atoms with E-state index in [1.54, 1.807) is 67.7 Å². The average Bonchev–Trinajstić information content (AvgIpc) is 1.69. The van der Waals surface area contributed by atoms with Gasteiger partial charge in [0.2, 0.25) is 88.6 Å².